The number of aliphatic imine (C=N–C) groups is 1. The lowest BCUT2D eigenvalue weighted by Crippen LogP contribution is -2.26. The van der Waals surface area contributed by atoms with Gasteiger partial charge in [-0.2, -0.15) is 0 Å². The molecule has 1 aliphatic rings. The van der Waals surface area contributed by atoms with E-state index in [1.165, 1.54) is 0 Å². The van der Waals surface area contributed by atoms with Gasteiger partial charge in [-0.3, -0.25) is 4.99 Å². The highest BCUT2D eigenvalue weighted by molar-refractivity contribution is 8.54. The maximum atomic E-state index is 9.57. The van der Waals surface area contributed by atoms with Crippen LogP contribution in [-0.2, 0) is 29.8 Å². The topological polar surface area (TPSA) is 32.6 Å². The van der Waals surface area contributed by atoms with Crippen molar-refractivity contribution >= 4 is 35.5 Å². The van der Waals surface area contributed by atoms with Gasteiger partial charge in [0.25, 0.3) is 0 Å². The summed E-state index contributed by atoms with van der Waals surface area (Å²) < 4.78 is 9.57. The first kappa shape index (κ1) is 10.5. The quantitative estimate of drug-likeness (QED) is 0.788. The molecule has 1 N–H and O–H groups in total. The second-order valence-electron chi connectivity index (χ2n) is 2.89. The number of nitrogens with zero attached hydrogens (tertiary/aromatic N) is 1. The highest BCUT2D eigenvalue weighted by Gasteiger charge is 2.22. The van der Waals surface area contributed by atoms with Crippen LogP contribution in [0.1, 0.15) is 26.2 Å². The van der Waals surface area contributed by atoms with E-state index in [2.05, 4.69) is 4.99 Å². The van der Waals surface area contributed by atoms with E-state index >= 15 is 0 Å². The average Bonchev–Trinajstić information content (AvgIpc) is 2.38. The molecule has 2 nitrogen and oxygen atoms in total. The largest absolute Gasteiger partial charge is 0.325 e. The lowest BCUT2D eigenvalue weighted by molar-refractivity contribution is 0.645. The lowest BCUT2D eigenvalue weighted by atomic mass is 10.1. The fraction of sp³-hybridized carbons (Fsp3) is 0.857. The monoisotopic (exact) mass is 223 g/mol. The Morgan fingerprint density at radius 3 is 2.67 bits per heavy atom. The highest BCUT2D eigenvalue weighted by Crippen LogP contribution is 2.16. The first-order valence-electron chi connectivity index (χ1n) is 4.05. The molecular weight excluding hydrogens is 210 g/mol. The third kappa shape index (κ3) is 2.45. The van der Waals surface area contributed by atoms with E-state index in [1.807, 2.05) is 6.92 Å². The summed E-state index contributed by atoms with van der Waals surface area (Å²) in [5.41, 5.74) is 1.06. The van der Waals surface area contributed by atoms with E-state index < -0.39 is 7.43 Å². The molecule has 1 atom stereocenters. The first-order chi connectivity index (χ1) is 5.55. The van der Waals surface area contributed by atoms with Crippen LogP contribution in [0.2, 0.25) is 0 Å². The van der Waals surface area contributed by atoms with E-state index in [0.717, 1.165) is 31.5 Å². The maximum Gasteiger partial charge on any atom is 0.0735 e. The van der Waals surface area contributed by atoms with Gasteiger partial charge >= 0.3 is 0 Å². The highest BCUT2D eigenvalue weighted by atomic mass is 33.1. The predicted octanol–water partition coefficient (Wildman–Crippen LogP) is 1.55. The van der Waals surface area contributed by atoms with Crippen molar-refractivity contribution in [2.75, 3.05) is 6.54 Å². The Bertz CT molecular complexity index is 281. The molecule has 70 valence electrons. The summed E-state index contributed by atoms with van der Waals surface area (Å²) in [4.78, 5) is 4.32. The van der Waals surface area contributed by atoms with Gasteiger partial charge in [0.1, 0.15) is 0 Å². The summed E-state index contributed by atoms with van der Waals surface area (Å²) in [6.07, 6.45) is 2.88. The summed E-state index contributed by atoms with van der Waals surface area (Å²) in [5.74, 6) is 0. The Hall–Kier alpha value is 0.420. The summed E-state index contributed by atoms with van der Waals surface area (Å²) in [6.45, 7) is 2.88. The minimum atomic E-state index is -2.26. The molecule has 12 heavy (non-hydrogen) atoms. The molecule has 0 spiro atoms. The molecule has 0 bridgehead atoms. The fourth-order valence-corrected chi connectivity index (χ4v) is 3.88. The van der Waals surface area contributed by atoms with Crippen molar-refractivity contribution in [3.63, 3.8) is 0 Å². The van der Waals surface area contributed by atoms with Crippen molar-refractivity contribution in [3.05, 3.63) is 0 Å². The SMILES string of the molecule is CCC(C1=NCCC1)S(O)(=S)=S. The zero-order chi connectivity index (χ0) is 9.19. The van der Waals surface area contributed by atoms with Crippen LogP contribution in [0.25, 0.3) is 0 Å². The van der Waals surface area contributed by atoms with Crippen LogP contribution in [0, 0.1) is 0 Å². The molecule has 0 amide bonds. The zero-order valence-corrected chi connectivity index (χ0v) is 9.47. The maximum absolute atomic E-state index is 9.57. The molecule has 0 aromatic carbocycles. The lowest BCUT2D eigenvalue weighted by Gasteiger charge is -2.16. The Kier molecular flexibility index (Phi) is 3.58. The minimum absolute atomic E-state index is 0.0231. The van der Waals surface area contributed by atoms with Gasteiger partial charge in [0, 0.05) is 19.7 Å². The van der Waals surface area contributed by atoms with Crippen molar-refractivity contribution < 1.29 is 4.55 Å². The predicted molar refractivity (Wildman–Crippen MR) is 60.3 cm³/mol. The van der Waals surface area contributed by atoms with Gasteiger partial charge in [-0.25, -0.2) is 0 Å². The molecule has 0 radical (unpaired) electrons. The molecule has 0 aliphatic carbocycles. The standard InChI is InChI=1S/C7H13NOS3/c1-2-7(12(9,10)11)6-4-3-5-8-6/h7H,2-5H2,1H3,(H,9,10,11). The number of rotatable bonds is 3. The molecule has 1 unspecified atom stereocenters. The van der Waals surface area contributed by atoms with Crippen LogP contribution in [0.3, 0.4) is 0 Å². The molecule has 1 heterocycles. The van der Waals surface area contributed by atoms with E-state index in [-0.39, 0.29) is 5.25 Å². The summed E-state index contributed by atoms with van der Waals surface area (Å²) in [6, 6.07) is 0. The molecule has 0 saturated heterocycles. The molecular formula is C7H13NOS3. The third-order valence-corrected chi connectivity index (χ3v) is 4.73. The van der Waals surface area contributed by atoms with Gasteiger partial charge in [0.05, 0.1) is 5.25 Å². The molecule has 0 saturated carbocycles. The van der Waals surface area contributed by atoms with Crippen molar-refractivity contribution in [3.8, 4) is 0 Å². The van der Waals surface area contributed by atoms with Gasteiger partial charge in [0.2, 0.25) is 0 Å². The van der Waals surface area contributed by atoms with Crippen LogP contribution in [0.15, 0.2) is 4.99 Å². The van der Waals surface area contributed by atoms with Gasteiger partial charge in [-0.1, -0.05) is 6.92 Å². The third-order valence-electron chi connectivity index (χ3n) is 2.01. The molecule has 1 rings (SSSR count). The van der Waals surface area contributed by atoms with E-state index in [1.54, 1.807) is 0 Å². The molecule has 5 heteroatoms. The van der Waals surface area contributed by atoms with E-state index in [9.17, 15) is 4.55 Å². The molecule has 0 aromatic heterocycles. The van der Waals surface area contributed by atoms with Crippen LogP contribution in [-0.4, -0.2) is 22.1 Å². The summed E-state index contributed by atoms with van der Waals surface area (Å²) >= 11 is 9.83. The van der Waals surface area contributed by atoms with Crippen molar-refractivity contribution in [2.24, 2.45) is 4.99 Å². The van der Waals surface area contributed by atoms with Crippen LogP contribution in [0.5, 0.6) is 0 Å². The van der Waals surface area contributed by atoms with Gasteiger partial charge in [-0.15, -0.1) is 0 Å². The van der Waals surface area contributed by atoms with Crippen LogP contribution < -0.4 is 0 Å². The Labute approximate surface area is 83.1 Å². The number of hydrogen-bond acceptors (Lipinski definition) is 3. The Balaban J connectivity index is 2.82. The average molecular weight is 223 g/mol. The molecule has 0 fully saturated rings. The smallest absolute Gasteiger partial charge is 0.0735 e. The summed E-state index contributed by atoms with van der Waals surface area (Å²) in [5, 5.41) is -0.0231. The second-order valence-corrected chi connectivity index (χ2v) is 8.17. The van der Waals surface area contributed by atoms with Crippen molar-refractivity contribution in [2.45, 2.75) is 31.4 Å². The Morgan fingerprint density at radius 1 is 1.67 bits per heavy atom. The van der Waals surface area contributed by atoms with Crippen LogP contribution >= 0.6 is 0 Å². The number of hydrogen-bond donors (Lipinski definition) is 1. The fourth-order valence-electron chi connectivity index (χ4n) is 1.44. The zero-order valence-electron chi connectivity index (χ0n) is 7.02. The van der Waals surface area contributed by atoms with Gasteiger partial charge in [-0.05, 0) is 41.6 Å². The van der Waals surface area contributed by atoms with Gasteiger partial charge < -0.3 is 4.55 Å². The molecule has 0 aromatic rings. The van der Waals surface area contributed by atoms with E-state index in [0.29, 0.717) is 0 Å². The first-order valence-corrected chi connectivity index (χ1v) is 7.55. The van der Waals surface area contributed by atoms with Crippen LogP contribution in [0.4, 0.5) is 0 Å². The second kappa shape index (κ2) is 4.09. The molecule has 1 aliphatic heterocycles. The van der Waals surface area contributed by atoms with Crippen molar-refractivity contribution in [1.29, 1.82) is 0 Å². The van der Waals surface area contributed by atoms with Crippen molar-refractivity contribution in [1.82, 2.24) is 0 Å². The van der Waals surface area contributed by atoms with Gasteiger partial charge in [0.15, 0.2) is 0 Å². The Morgan fingerprint density at radius 2 is 2.33 bits per heavy atom. The normalized spacial score (nSPS) is 20.7. The summed E-state index contributed by atoms with van der Waals surface area (Å²) in [7, 11) is -2.26. The minimum Gasteiger partial charge on any atom is -0.325 e. The van der Waals surface area contributed by atoms with E-state index in [4.69, 9.17) is 22.4 Å².